The van der Waals surface area contributed by atoms with Gasteiger partial charge in [0.1, 0.15) is 5.69 Å². The maximum Gasteiger partial charge on any atom is 0.292 e. The lowest BCUT2D eigenvalue weighted by atomic mass is 10.2. The molecule has 0 spiro atoms. The summed E-state index contributed by atoms with van der Waals surface area (Å²) in [6.07, 6.45) is 3.50. The highest BCUT2D eigenvalue weighted by Crippen LogP contribution is 2.22. The molecule has 1 aliphatic rings. The van der Waals surface area contributed by atoms with Crippen LogP contribution in [0.15, 0.2) is 47.7 Å². The summed E-state index contributed by atoms with van der Waals surface area (Å²) in [5, 5.41) is 17.5. The molecule has 1 aliphatic heterocycles. The van der Waals surface area contributed by atoms with Crippen molar-refractivity contribution in [3.63, 3.8) is 0 Å². The molecule has 2 N–H and O–H groups in total. The number of nitrogens with zero attached hydrogens (tertiary/aromatic N) is 6. The fourth-order valence-electron chi connectivity index (χ4n) is 3.06. The van der Waals surface area contributed by atoms with Gasteiger partial charge in [-0.3, -0.25) is 15.1 Å². The van der Waals surface area contributed by atoms with Crippen LogP contribution in [0.3, 0.4) is 0 Å². The highest BCUT2D eigenvalue weighted by molar-refractivity contribution is 5.80. The van der Waals surface area contributed by atoms with Gasteiger partial charge in [0, 0.05) is 64.8 Å². The molecule has 0 bridgehead atoms. The van der Waals surface area contributed by atoms with E-state index in [0.717, 1.165) is 38.1 Å². The molecule has 0 radical (unpaired) electrons. The molecule has 0 unspecified atom stereocenters. The number of rotatable bonds is 6. The molecule has 0 aliphatic carbocycles. The van der Waals surface area contributed by atoms with E-state index in [1.54, 1.807) is 37.6 Å². The van der Waals surface area contributed by atoms with Crippen LogP contribution in [0, 0.1) is 10.1 Å². The molecule has 0 amide bonds. The van der Waals surface area contributed by atoms with E-state index in [-0.39, 0.29) is 10.6 Å². The summed E-state index contributed by atoms with van der Waals surface area (Å²) in [7, 11) is 1.75. The van der Waals surface area contributed by atoms with Crippen molar-refractivity contribution in [2.45, 2.75) is 0 Å². The van der Waals surface area contributed by atoms with E-state index < -0.39 is 0 Å². The van der Waals surface area contributed by atoms with Gasteiger partial charge in [-0.25, -0.2) is 9.97 Å². The number of piperazine rings is 1. The Kier molecular flexibility index (Phi) is 6.55. The number of hydrogen-bond acceptors (Lipinski definition) is 7. The van der Waals surface area contributed by atoms with E-state index in [2.05, 4.69) is 35.4 Å². The van der Waals surface area contributed by atoms with Gasteiger partial charge in [0.15, 0.2) is 5.96 Å². The van der Waals surface area contributed by atoms with E-state index in [1.807, 2.05) is 6.07 Å². The second-order valence-electron chi connectivity index (χ2n) is 6.20. The van der Waals surface area contributed by atoms with Gasteiger partial charge in [-0.1, -0.05) is 12.1 Å². The van der Waals surface area contributed by atoms with Gasteiger partial charge in [-0.2, -0.15) is 0 Å². The average molecular weight is 384 g/mol. The molecule has 1 aromatic carbocycles. The molecular formula is C18H24N8O2. The number of hydrogen-bond donors (Lipinski definition) is 2. The van der Waals surface area contributed by atoms with Crippen LogP contribution in [0.1, 0.15) is 0 Å². The SMILES string of the molecule is CN=C(NCCNc1ccccc1[N+](=O)[O-])N1CCN(c2ncccn2)CC1. The van der Waals surface area contributed by atoms with Gasteiger partial charge < -0.3 is 20.4 Å². The van der Waals surface area contributed by atoms with Crippen LogP contribution in [0.5, 0.6) is 0 Å². The summed E-state index contributed by atoms with van der Waals surface area (Å²) in [6.45, 7) is 4.41. The van der Waals surface area contributed by atoms with Crippen molar-refractivity contribution in [2.75, 3.05) is 56.5 Å². The first-order valence-electron chi connectivity index (χ1n) is 9.14. The number of benzene rings is 1. The molecule has 2 heterocycles. The van der Waals surface area contributed by atoms with Crippen molar-refractivity contribution >= 4 is 23.3 Å². The second-order valence-corrected chi connectivity index (χ2v) is 6.20. The molecule has 1 saturated heterocycles. The predicted octanol–water partition coefficient (Wildman–Crippen LogP) is 1.19. The minimum atomic E-state index is -0.384. The van der Waals surface area contributed by atoms with Gasteiger partial charge in [-0.05, 0) is 12.1 Å². The Hall–Kier alpha value is -3.43. The van der Waals surface area contributed by atoms with Crippen LogP contribution in [-0.2, 0) is 0 Å². The van der Waals surface area contributed by atoms with Gasteiger partial charge >= 0.3 is 0 Å². The van der Waals surface area contributed by atoms with E-state index in [0.29, 0.717) is 18.8 Å². The zero-order chi connectivity index (χ0) is 19.8. The van der Waals surface area contributed by atoms with Crippen molar-refractivity contribution < 1.29 is 4.92 Å². The standard InChI is InChI=1S/C18H24N8O2/c1-19-17(23-10-9-20-15-5-2-3-6-16(15)26(27)28)24-11-13-25(14-12-24)18-21-7-4-8-22-18/h2-8,20H,9-14H2,1H3,(H,19,23). The summed E-state index contributed by atoms with van der Waals surface area (Å²) in [5.41, 5.74) is 0.590. The molecule has 1 fully saturated rings. The highest BCUT2D eigenvalue weighted by Gasteiger charge is 2.21. The van der Waals surface area contributed by atoms with E-state index in [4.69, 9.17) is 0 Å². The maximum atomic E-state index is 11.1. The van der Waals surface area contributed by atoms with Crippen LogP contribution in [0.2, 0.25) is 0 Å². The Morgan fingerprint density at radius 2 is 1.86 bits per heavy atom. The Morgan fingerprint density at radius 1 is 1.14 bits per heavy atom. The third-order valence-corrected chi connectivity index (χ3v) is 4.45. The van der Waals surface area contributed by atoms with E-state index in [9.17, 15) is 10.1 Å². The van der Waals surface area contributed by atoms with Crippen molar-refractivity contribution in [1.29, 1.82) is 0 Å². The number of aliphatic imine (C=N–C) groups is 1. The molecule has 0 saturated carbocycles. The van der Waals surface area contributed by atoms with Crippen LogP contribution < -0.4 is 15.5 Å². The van der Waals surface area contributed by atoms with Crippen molar-refractivity contribution in [3.05, 3.63) is 52.8 Å². The fraction of sp³-hybridized carbons (Fsp3) is 0.389. The Bertz CT molecular complexity index is 806. The molecule has 148 valence electrons. The smallest absolute Gasteiger partial charge is 0.292 e. The van der Waals surface area contributed by atoms with Crippen molar-refractivity contribution in [1.82, 2.24) is 20.2 Å². The monoisotopic (exact) mass is 384 g/mol. The minimum absolute atomic E-state index is 0.0751. The first kappa shape index (κ1) is 19.3. The fourth-order valence-corrected chi connectivity index (χ4v) is 3.06. The second kappa shape index (κ2) is 9.49. The Labute approximate surface area is 163 Å². The zero-order valence-electron chi connectivity index (χ0n) is 15.8. The summed E-state index contributed by atoms with van der Waals surface area (Å²) in [5.74, 6) is 1.57. The number of nitro benzene ring substituents is 1. The Balaban J connectivity index is 1.45. The molecule has 10 nitrogen and oxygen atoms in total. The topological polar surface area (TPSA) is 112 Å². The summed E-state index contributed by atoms with van der Waals surface area (Å²) >= 11 is 0. The van der Waals surface area contributed by atoms with Crippen molar-refractivity contribution in [3.8, 4) is 0 Å². The maximum absolute atomic E-state index is 11.1. The number of nitro groups is 1. The third-order valence-electron chi connectivity index (χ3n) is 4.45. The van der Waals surface area contributed by atoms with Gasteiger partial charge in [-0.15, -0.1) is 0 Å². The van der Waals surface area contributed by atoms with E-state index in [1.165, 1.54) is 6.07 Å². The van der Waals surface area contributed by atoms with Gasteiger partial charge in [0.05, 0.1) is 4.92 Å². The van der Waals surface area contributed by atoms with Crippen LogP contribution in [0.25, 0.3) is 0 Å². The van der Waals surface area contributed by atoms with Crippen LogP contribution in [0.4, 0.5) is 17.3 Å². The molecule has 2 aromatic rings. The zero-order valence-corrected chi connectivity index (χ0v) is 15.8. The third kappa shape index (κ3) is 4.84. The minimum Gasteiger partial charge on any atom is -0.378 e. The van der Waals surface area contributed by atoms with Crippen LogP contribution >= 0.6 is 0 Å². The van der Waals surface area contributed by atoms with E-state index >= 15 is 0 Å². The van der Waals surface area contributed by atoms with Gasteiger partial charge in [0.25, 0.3) is 5.69 Å². The number of para-hydroxylation sites is 2. The van der Waals surface area contributed by atoms with Gasteiger partial charge in [0.2, 0.25) is 5.95 Å². The average Bonchev–Trinajstić information content (AvgIpc) is 2.75. The highest BCUT2D eigenvalue weighted by atomic mass is 16.6. The number of nitrogens with one attached hydrogen (secondary N) is 2. The summed E-state index contributed by atoms with van der Waals surface area (Å²) in [4.78, 5) is 27.9. The lowest BCUT2D eigenvalue weighted by molar-refractivity contribution is -0.384. The predicted molar refractivity (Wildman–Crippen MR) is 109 cm³/mol. The number of aromatic nitrogens is 2. The summed E-state index contributed by atoms with van der Waals surface area (Å²) in [6, 6.07) is 8.44. The van der Waals surface area contributed by atoms with Crippen molar-refractivity contribution in [2.24, 2.45) is 4.99 Å². The largest absolute Gasteiger partial charge is 0.378 e. The molecule has 28 heavy (non-hydrogen) atoms. The molecule has 1 aromatic heterocycles. The quantitative estimate of drug-likeness (QED) is 0.251. The first-order chi connectivity index (χ1) is 13.7. The molecule has 3 rings (SSSR count). The Morgan fingerprint density at radius 3 is 2.54 bits per heavy atom. The summed E-state index contributed by atoms with van der Waals surface area (Å²) < 4.78 is 0. The van der Waals surface area contributed by atoms with Crippen LogP contribution in [-0.4, -0.2) is 72.1 Å². The molecule has 0 atom stereocenters. The number of guanidine groups is 1. The molecular weight excluding hydrogens is 360 g/mol. The normalized spacial score (nSPS) is 14.7. The lowest BCUT2D eigenvalue weighted by Gasteiger charge is -2.36. The number of anilines is 2. The lowest BCUT2D eigenvalue weighted by Crippen LogP contribution is -2.53. The molecule has 10 heteroatoms. The first-order valence-corrected chi connectivity index (χ1v) is 9.14.